The molecule has 1 fully saturated rings. The molecule has 2 aliphatic rings. The molecular formula is C21H31N3O2. The molecule has 1 saturated heterocycles. The van der Waals surface area contributed by atoms with E-state index in [1.54, 1.807) is 7.11 Å². The van der Waals surface area contributed by atoms with Gasteiger partial charge in [0.15, 0.2) is 5.96 Å². The zero-order valence-corrected chi connectivity index (χ0v) is 16.0. The molecule has 1 unspecified atom stereocenters. The summed E-state index contributed by atoms with van der Waals surface area (Å²) in [5, 5.41) is 3.46. The van der Waals surface area contributed by atoms with Gasteiger partial charge in [0.25, 0.3) is 0 Å². The maximum Gasteiger partial charge on any atom is 0.193 e. The second-order valence-electron chi connectivity index (χ2n) is 6.88. The van der Waals surface area contributed by atoms with Crippen LogP contribution in [0.15, 0.2) is 40.9 Å². The van der Waals surface area contributed by atoms with E-state index >= 15 is 0 Å². The molecule has 0 amide bonds. The Hall–Kier alpha value is -2.01. The van der Waals surface area contributed by atoms with Crippen molar-refractivity contribution in [1.29, 1.82) is 0 Å². The fraction of sp³-hybridized carbons (Fsp3) is 0.571. The molecule has 5 heteroatoms. The smallest absolute Gasteiger partial charge is 0.193 e. The van der Waals surface area contributed by atoms with Crippen LogP contribution in [-0.2, 0) is 4.74 Å². The van der Waals surface area contributed by atoms with Crippen molar-refractivity contribution < 1.29 is 9.47 Å². The number of aliphatic imine (C=N–C) groups is 1. The van der Waals surface area contributed by atoms with E-state index in [4.69, 9.17) is 14.5 Å². The molecule has 26 heavy (non-hydrogen) atoms. The molecular weight excluding hydrogens is 326 g/mol. The highest BCUT2D eigenvalue weighted by atomic mass is 16.5. The van der Waals surface area contributed by atoms with Crippen LogP contribution in [0.1, 0.15) is 37.7 Å². The van der Waals surface area contributed by atoms with E-state index in [-0.39, 0.29) is 0 Å². The van der Waals surface area contributed by atoms with Gasteiger partial charge < -0.3 is 19.7 Å². The van der Waals surface area contributed by atoms with Crippen LogP contribution in [-0.4, -0.2) is 57.4 Å². The fourth-order valence-corrected chi connectivity index (χ4v) is 3.62. The molecule has 142 valence electrons. The van der Waals surface area contributed by atoms with Gasteiger partial charge in [-0.2, -0.15) is 0 Å². The number of likely N-dealkylation sites (tertiary alicyclic amines) is 1. The van der Waals surface area contributed by atoms with Crippen molar-refractivity contribution in [2.75, 3.05) is 46.5 Å². The summed E-state index contributed by atoms with van der Waals surface area (Å²) in [7, 11) is 1.71. The number of guanidine groups is 1. The van der Waals surface area contributed by atoms with Crippen molar-refractivity contribution in [2.24, 2.45) is 4.99 Å². The monoisotopic (exact) mass is 357 g/mol. The molecule has 0 saturated carbocycles. The lowest BCUT2D eigenvalue weighted by molar-refractivity contribution is 0.153. The van der Waals surface area contributed by atoms with Crippen molar-refractivity contribution in [3.63, 3.8) is 0 Å². The van der Waals surface area contributed by atoms with Crippen LogP contribution in [0.4, 0.5) is 0 Å². The van der Waals surface area contributed by atoms with Gasteiger partial charge in [0.2, 0.25) is 0 Å². The lowest BCUT2D eigenvalue weighted by atomic mass is 9.98. The number of ether oxygens (including phenoxy) is 2. The van der Waals surface area contributed by atoms with Gasteiger partial charge in [-0.25, -0.2) is 0 Å². The van der Waals surface area contributed by atoms with Crippen LogP contribution in [0.5, 0.6) is 5.75 Å². The molecule has 0 spiro atoms. The molecule has 2 aliphatic heterocycles. The number of nitrogens with one attached hydrogen (secondary N) is 1. The van der Waals surface area contributed by atoms with Gasteiger partial charge in [0.1, 0.15) is 5.75 Å². The Kier molecular flexibility index (Phi) is 6.95. The third-order valence-electron chi connectivity index (χ3n) is 5.16. The van der Waals surface area contributed by atoms with E-state index in [1.165, 1.54) is 17.6 Å². The minimum Gasteiger partial charge on any atom is -0.497 e. The Morgan fingerprint density at radius 3 is 2.88 bits per heavy atom. The largest absolute Gasteiger partial charge is 0.497 e. The topological polar surface area (TPSA) is 46.1 Å². The van der Waals surface area contributed by atoms with Gasteiger partial charge >= 0.3 is 0 Å². The van der Waals surface area contributed by atoms with Crippen molar-refractivity contribution in [3.8, 4) is 5.75 Å². The van der Waals surface area contributed by atoms with Crippen LogP contribution in [0.2, 0.25) is 0 Å². The number of nitrogens with zero attached hydrogens (tertiary/aromatic N) is 2. The summed E-state index contributed by atoms with van der Waals surface area (Å²) in [5.41, 5.74) is 2.87. The SMILES string of the molecule is CCNC(=NCCC1=CCOCC1)N1CCC(c2ccc(OC)cc2)C1. The summed E-state index contributed by atoms with van der Waals surface area (Å²) in [4.78, 5) is 7.27. The average molecular weight is 357 g/mol. The van der Waals surface area contributed by atoms with Crippen LogP contribution >= 0.6 is 0 Å². The normalized spacial score (nSPS) is 20.8. The molecule has 2 heterocycles. The van der Waals surface area contributed by atoms with Crippen LogP contribution in [0, 0.1) is 0 Å². The summed E-state index contributed by atoms with van der Waals surface area (Å²) >= 11 is 0. The molecule has 5 nitrogen and oxygen atoms in total. The Bertz CT molecular complexity index is 625. The van der Waals surface area contributed by atoms with Crippen LogP contribution < -0.4 is 10.1 Å². The molecule has 1 N–H and O–H groups in total. The third-order valence-corrected chi connectivity index (χ3v) is 5.16. The first-order valence-corrected chi connectivity index (χ1v) is 9.73. The lowest BCUT2D eigenvalue weighted by Gasteiger charge is -2.22. The zero-order valence-electron chi connectivity index (χ0n) is 16.0. The highest BCUT2D eigenvalue weighted by Gasteiger charge is 2.26. The fourth-order valence-electron chi connectivity index (χ4n) is 3.62. The predicted octanol–water partition coefficient (Wildman–Crippen LogP) is 3.19. The molecule has 1 atom stereocenters. The summed E-state index contributed by atoms with van der Waals surface area (Å²) in [6.07, 6.45) is 5.46. The molecule has 0 bridgehead atoms. The number of hydrogen-bond acceptors (Lipinski definition) is 3. The number of benzene rings is 1. The Morgan fingerprint density at radius 2 is 2.19 bits per heavy atom. The highest BCUT2D eigenvalue weighted by molar-refractivity contribution is 5.80. The summed E-state index contributed by atoms with van der Waals surface area (Å²) in [5.74, 6) is 2.53. The van der Waals surface area contributed by atoms with E-state index < -0.39 is 0 Å². The summed E-state index contributed by atoms with van der Waals surface area (Å²) in [6, 6.07) is 8.49. The third kappa shape index (κ3) is 5.01. The van der Waals surface area contributed by atoms with E-state index in [0.29, 0.717) is 5.92 Å². The minimum absolute atomic E-state index is 0.558. The maximum absolute atomic E-state index is 5.37. The molecule has 1 aromatic rings. The number of rotatable bonds is 6. The molecule has 1 aromatic carbocycles. The minimum atomic E-state index is 0.558. The van der Waals surface area contributed by atoms with Gasteiger partial charge in [-0.15, -0.1) is 0 Å². The van der Waals surface area contributed by atoms with Crippen LogP contribution in [0.3, 0.4) is 0 Å². The van der Waals surface area contributed by atoms with Gasteiger partial charge in [-0.05, 0) is 43.9 Å². The average Bonchev–Trinajstić information content (AvgIpc) is 3.18. The molecule has 0 aliphatic carbocycles. The first kappa shape index (κ1) is 18.8. The van der Waals surface area contributed by atoms with Crippen molar-refractivity contribution in [3.05, 3.63) is 41.5 Å². The summed E-state index contributed by atoms with van der Waals surface area (Å²) in [6.45, 7) is 7.57. The standard InChI is InChI=1S/C21H31N3O2/c1-3-22-21(23-12-8-17-10-14-26-15-11-17)24-13-9-19(16-24)18-4-6-20(25-2)7-5-18/h4-7,10,19H,3,8-9,11-16H2,1-2H3,(H,22,23). The lowest BCUT2D eigenvalue weighted by Crippen LogP contribution is -2.40. The first-order chi connectivity index (χ1) is 12.8. The van der Waals surface area contributed by atoms with Crippen molar-refractivity contribution in [2.45, 2.75) is 32.1 Å². The predicted molar refractivity (Wildman–Crippen MR) is 106 cm³/mol. The van der Waals surface area contributed by atoms with Gasteiger partial charge in [0, 0.05) is 32.1 Å². The van der Waals surface area contributed by atoms with Gasteiger partial charge in [-0.1, -0.05) is 23.8 Å². The zero-order chi connectivity index (χ0) is 18.2. The molecule has 0 aromatic heterocycles. The Balaban J connectivity index is 1.57. The van der Waals surface area contributed by atoms with Gasteiger partial charge in [0.05, 0.1) is 20.3 Å². The quantitative estimate of drug-likeness (QED) is 0.482. The summed E-state index contributed by atoms with van der Waals surface area (Å²) < 4.78 is 10.6. The number of hydrogen-bond donors (Lipinski definition) is 1. The Labute approximate surface area is 157 Å². The van der Waals surface area contributed by atoms with Crippen molar-refractivity contribution in [1.82, 2.24) is 10.2 Å². The van der Waals surface area contributed by atoms with E-state index in [1.807, 2.05) is 0 Å². The second kappa shape index (κ2) is 9.62. The van der Waals surface area contributed by atoms with Gasteiger partial charge in [-0.3, -0.25) is 4.99 Å². The van der Waals surface area contributed by atoms with Crippen LogP contribution in [0.25, 0.3) is 0 Å². The first-order valence-electron chi connectivity index (χ1n) is 9.73. The van der Waals surface area contributed by atoms with E-state index in [2.05, 4.69) is 47.5 Å². The molecule has 3 rings (SSSR count). The Morgan fingerprint density at radius 1 is 1.35 bits per heavy atom. The maximum atomic E-state index is 5.37. The second-order valence-corrected chi connectivity index (χ2v) is 6.88. The molecule has 0 radical (unpaired) electrons. The van der Waals surface area contributed by atoms with E-state index in [9.17, 15) is 0 Å². The van der Waals surface area contributed by atoms with E-state index in [0.717, 1.165) is 63.9 Å². The van der Waals surface area contributed by atoms with Crippen molar-refractivity contribution >= 4 is 5.96 Å². The highest BCUT2D eigenvalue weighted by Crippen LogP contribution is 2.28. The number of methoxy groups -OCH3 is 1.